The van der Waals surface area contributed by atoms with Crippen LogP contribution in [-0.4, -0.2) is 37.3 Å². The maximum absolute atomic E-state index is 9.66. The first-order chi connectivity index (χ1) is 12.8. The quantitative estimate of drug-likeness (QED) is 0.372. The van der Waals surface area contributed by atoms with Crippen LogP contribution in [0.5, 0.6) is 0 Å². The fraction of sp³-hybridized carbons (Fsp3) is 0.417. The molecule has 0 N–H and O–H groups in total. The number of nitrogens with zero attached hydrogens (tertiary/aromatic N) is 3. The topological polar surface area (TPSA) is 39.4 Å². The SMILES string of the molecule is C=CCN=C(C)c1cc(C(=C)CCCN(C)CCC)c(C#N)cc1C(=C)C. The Balaban J connectivity index is 3.18. The minimum Gasteiger partial charge on any atom is -0.306 e. The summed E-state index contributed by atoms with van der Waals surface area (Å²) in [6, 6.07) is 6.32. The van der Waals surface area contributed by atoms with Crippen molar-refractivity contribution in [1.82, 2.24) is 4.90 Å². The van der Waals surface area contributed by atoms with Gasteiger partial charge < -0.3 is 4.90 Å². The summed E-state index contributed by atoms with van der Waals surface area (Å²) in [7, 11) is 2.14. The summed E-state index contributed by atoms with van der Waals surface area (Å²) >= 11 is 0. The van der Waals surface area contributed by atoms with Gasteiger partial charge in [-0.2, -0.15) is 5.26 Å². The number of nitriles is 1. The molecule has 1 aromatic carbocycles. The van der Waals surface area contributed by atoms with Gasteiger partial charge in [0.15, 0.2) is 0 Å². The zero-order chi connectivity index (χ0) is 20.4. The molecule has 0 spiro atoms. The van der Waals surface area contributed by atoms with Crippen LogP contribution in [0.25, 0.3) is 11.1 Å². The van der Waals surface area contributed by atoms with E-state index in [4.69, 9.17) is 0 Å². The molecule has 1 rings (SSSR count). The smallest absolute Gasteiger partial charge is 0.0998 e. The Bertz CT molecular complexity index is 763. The highest BCUT2D eigenvalue weighted by Gasteiger charge is 2.14. The first-order valence-electron chi connectivity index (χ1n) is 9.58. The van der Waals surface area contributed by atoms with Crippen molar-refractivity contribution in [2.24, 2.45) is 4.99 Å². The van der Waals surface area contributed by atoms with Crippen molar-refractivity contribution in [3.63, 3.8) is 0 Å². The second-order valence-electron chi connectivity index (χ2n) is 7.06. The Morgan fingerprint density at radius 3 is 2.44 bits per heavy atom. The second kappa shape index (κ2) is 11.3. The van der Waals surface area contributed by atoms with E-state index in [1.165, 1.54) is 0 Å². The lowest BCUT2D eigenvalue weighted by Gasteiger charge is -2.17. The van der Waals surface area contributed by atoms with E-state index in [-0.39, 0.29) is 0 Å². The van der Waals surface area contributed by atoms with E-state index in [2.05, 4.69) is 55.7 Å². The molecule has 3 nitrogen and oxygen atoms in total. The lowest BCUT2D eigenvalue weighted by atomic mass is 9.89. The van der Waals surface area contributed by atoms with Crippen LogP contribution in [0.2, 0.25) is 0 Å². The van der Waals surface area contributed by atoms with Crippen molar-refractivity contribution in [3.05, 3.63) is 60.2 Å². The van der Waals surface area contributed by atoms with Gasteiger partial charge in [0.1, 0.15) is 0 Å². The van der Waals surface area contributed by atoms with Crippen LogP contribution in [0.15, 0.2) is 42.9 Å². The van der Waals surface area contributed by atoms with Crippen molar-refractivity contribution in [1.29, 1.82) is 5.26 Å². The molecule has 0 heterocycles. The van der Waals surface area contributed by atoms with Gasteiger partial charge in [-0.3, -0.25) is 4.99 Å². The third-order valence-corrected chi connectivity index (χ3v) is 4.59. The molecular weight excluding hydrogens is 330 g/mol. The third kappa shape index (κ3) is 6.66. The van der Waals surface area contributed by atoms with Gasteiger partial charge in [0, 0.05) is 11.3 Å². The van der Waals surface area contributed by atoms with E-state index in [1.807, 2.05) is 19.9 Å². The first-order valence-corrected chi connectivity index (χ1v) is 9.58. The lowest BCUT2D eigenvalue weighted by molar-refractivity contribution is 0.332. The van der Waals surface area contributed by atoms with E-state index in [9.17, 15) is 5.26 Å². The van der Waals surface area contributed by atoms with Crippen LogP contribution in [-0.2, 0) is 0 Å². The summed E-state index contributed by atoms with van der Waals surface area (Å²) in [6.07, 6.45) is 4.84. The number of aliphatic imine (C=N–C) groups is 1. The summed E-state index contributed by atoms with van der Waals surface area (Å²) in [4.78, 5) is 6.89. The average Bonchev–Trinajstić information content (AvgIpc) is 2.64. The van der Waals surface area contributed by atoms with E-state index < -0.39 is 0 Å². The van der Waals surface area contributed by atoms with Gasteiger partial charge in [-0.1, -0.05) is 31.7 Å². The van der Waals surface area contributed by atoms with E-state index in [0.717, 1.165) is 65.9 Å². The Hall–Kier alpha value is -2.44. The van der Waals surface area contributed by atoms with E-state index in [1.54, 1.807) is 6.08 Å². The summed E-state index contributed by atoms with van der Waals surface area (Å²) in [5.41, 5.74) is 6.41. The van der Waals surface area contributed by atoms with E-state index >= 15 is 0 Å². The van der Waals surface area contributed by atoms with Crippen molar-refractivity contribution < 1.29 is 0 Å². The van der Waals surface area contributed by atoms with Crippen molar-refractivity contribution in [2.45, 2.75) is 40.0 Å². The van der Waals surface area contributed by atoms with Crippen molar-refractivity contribution in [2.75, 3.05) is 26.7 Å². The molecule has 3 heteroatoms. The van der Waals surface area contributed by atoms with Crippen LogP contribution >= 0.6 is 0 Å². The molecule has 0 saturated carbocycles. The number of benzene rings is 1. The molecule has 27 heavy (non-hydrogen) atoms. The molecule has 0 aromatic heterocycles. The average molecular weight is 364 g/mol. The molecule has 0 fully saturated rings. The number of allylic oxidation sites excluding steroid dienone is 2. The zero-order valence-corrected chi connectivity index (χ0v) is 17.4. The summed E-state index contributed by atoms with van der Waals surface area (Å²) in [6.45, 7) is 20.9. The summed E-state index contributed by atoms with van der Waals surface area (Å²) < 4.78 is 0. The normalized spacial score (nSPS) is 11.3. The summed E-state index contributed by atoms with van der Waals surface area (Å²) in [5, 5.41) is 9.66. The van der Waals surface area contributed by atoms with Gasteiger partial charge >= 0.3 is 0 Å². The standard InChI is InChI=1S/C24H33N3/c1-8-12-26-20(6)24-16-23(21(17-25)15-22(24)18(3)4)19(5)11-10-14-27(7)13-9-2/h8,15-16H,1,3,5,9-14H2,2,4,6-7H3. The van der Waals surface area contributed by atoms with E-state index in [0.29, 0.717) is 12.1 Å². The fourth-order valence-corrected chi connectivity index (χ4v) is 3.11. The van der Waals surface area contributed by atoms with Gasteiger partial charge in [0.25, 0.3) is 0 Å². The molecule has 144 valence electrons. The van der Waals surface area contributed by atoms with Gasteiger partial charge in [-0.05, 0) is 82.1 Å². The van der Waals surface area contributed by atoms with Crippen LogP contribution in [0.3, 0.4) is 0 Å². The van der Waals surface area contributed by atoms with Crippen LogP contribution in [0.1, 0.15) is 62.3 Å². The van der Waals surface area contributed by atoms with Crippen LogP contribution < -0.4 is 0 Å². The lowest BCUT2D eigenvalue weighted by Crippen LogP contribution is -2.20. The minimum atomic E-state index is 0.571. The van der Waals surface area contributed by atoms with Crippen LogP contribution in [0, 0.1) is 11.3 Å². The highest BCUT2D eigenvalue weighted by atomic mass is 15.1. The highest BCUT2D eigenvalue weighted by molar-refractivity contribution is 6.03. The number of hydrogen-bond donors (Lipinski definition) is 0. The van der Waals surface area contributed by atoms with Gasteiger partial charge in [0.2, 0.25) is 0 Å². The minimum absolute atomic E-state index is 0.571. The molecule has 0 aliphatic rings. The number of hydrogen-bond acceptors (Lipinski definition) is 3. The maximum atomic E-state index is 9.66. The molecule has 0 radical (unpaired) electrons. The largest absolute Gasteiger partial charge is 0.306 e. The van der Waals surface area contributed by atoms with Crippen molar-refractivity contribution in [3.8, 4) is 6.07 Å². The Morgan fingerprint density at radius 2 is 1.89 bits per heavy atom. The van der Waals surface area contributed by atoms with Gasteiger partial charge in [0.05, 0.1) is 18.2 Å². The zero-order valence-electron chi connectivity index (χ0n) is 17.4. The molecule has 0 amide bonds. The van der Waals surface area contributed by atoms with Crippen LogP contribution in [0.4, 0.5) is 0 Å². The molecule has 0 unspecified atom stereocenters. The Morgan fingerprint density at radius 1 is 1.19 bits per heavy atom. The van der Waals surface area contributed by atoms with Gasteiger partial charge in [-0.15, -0.1) is 6.58 Å². The second-order valence-corrected chi connectivity index (χ2v) is 7.06. The molecular formula is C24H33N3. The predicted molar refractivity (Wildman–Crippen MR) is 119 cm³/mol. The fourth-order valence-electron chi connectivity index (χ4n) is 3.11. The van der Waals surface area contributed by atoms with Gasteiger partial charge in [-0.25, -0.2) is 0 Å². The Labute approximate surface area is 165 Å². The number of rotatable bonds is 11. The highest BCUT2D eigenvalue weighted by Crippen LogP contribution is 2.29. The molecule has 0 aliphatic carbocycles. The maximum Gasteiger partial charge on any atom is 0.0998 e. The monoisotopic (exact) mass is 363 g/mol. The molecule has 1 aromatic rings. The molecule has 0 saturated heterocycles. The molecule has 0 atom stereocenters. The summed E-state index contributed by atoms with van der Waals surface area (Å²) in [5.74, 6) is 0. The molecule has 0 aliphatic heterocycles. The molecule has 0 bridgehead atoms. The first kappa shape index (κ1) is 22.6. The predicted octanol–water partition coefficient (Wildman–Crippen LogP) is 5.72. The third-order valence-electron chi connectivity index (χ3n) is 4.59. The van der Waals surface area contributed by atoms with Crippen molar-refractivity contribution >= 4 is 16.9 Å². The Kier molecular flexibility index (Phi) is 9.47.